The number of methoxy groups -OCH3 is 3. The van der Waals surface area contributed by atoms with E-state index in [2.05, 4.69) is 54.9 Å². The van der Waals surface area contributed by atoms with E-state index < -0.39 is 0 Å². The molecule has 3 aromatic rings. The number of piperazine rings is 1. The van der Waals surface area contributed by atoms with Crippen LogP contribution in [-0.2, 0) is 0 Å². The fraction of sp³-hybridized carbons (Fsp3) is 0.438. The molecule has 0 spiro atoms. The maximum absolute atomic E-state index is 6.51. The topological polar surface area (TPSA) is 75.2 Å². The van der Waals surface area contributed by atoms with Gasteiger partial charge < -0.3 is 29.3 Å². The fourth-order valence-electron chi connectivity index (χ4n) is 5.61. The van der Waals surface area contributed by atoms with E-state index in [4.69, 9.17) is 25.8 Å². The highest BCUT2D eigenvalue weighted by Gasteiger charge is 2.27. The molecule has 0 radical (unpaired) electrons. The number of aromatic nitrogens is 2. The lowest BCUT2D eigenvalue weighted by atomic mass is 10.0. The summed E-state index contributed by atoms with van der Waals surface area (Å²) in [5.41, 5.74) is 4.12. The minimum absolute atomic E-state index is 0.444. The number of hydrogen-bond donors (Lipinski definition) is 1. The summed E-state index contributed by atoms with van der Waals surface area (Å²) in [7, 11) is 7.10. The predicted molar refractivity (Wildman–Crippen MR) is 168 cm³/mol. The summed E-state index contributed by atoms with van der Waals surface area (Å²) in [6, 6.07) is 8.59. The van der Waals surface area contributed by atoms with Gasteiger partial charge in [0.25, 0.3) is 0 Å². The summed E-state index contributed by atoms with van der Waals surface area (Å²) in [4.78, 5) is 16.4. The Morgan fingerprint density at radius 1 is 0.857 bits per heavy atom. The van der Waals surface area contributed by atoms with Gasteiger partial charge in [0.1, 0.15) is 17.2 Å². The molecule has 1 aromatic heterocycles. The van der Waals surface area contributed by atoms with Crippen LogP contribution in [0.3, 0.4) is 0 Å². The van der Waals surface area contributed by atoms with Gasteiger partial charge in [-0.2, -0.15) is 0 Å². The maximum Gasteiger partial charge on any atom is 0.227 e. The molecule has 2 fully saturated rings. The normalized spacial score (nSPS) is 16.5. The molecule has 5 rings (SSSR count). The van der Waals surface area contributed by atoms with Gasteiger partial charge in [0.15, 0.2) is 0 Å². The average molecular weight is 591 g/mol. The van der Waals surface area contributed by atoms with E-state index >= 15 is 0 Å². The van der Waals surface area contributed by atoms with Gasteiger partial charge in [0.2, 0.25) is 5.95 Å². The van der Waals surface area contributed by atoms with E-state index in [1.807, 2.05) is 19.1 Å². The molecular weight excluding hydrogens is 552 g/mol. The van der Waals surface area contributed by atoms with Crippen LogP contribution in [0.15, 0.2) is 36.7 Å². The molecule has 2 aliphatic heterocycles. The lowest BCUT2D eigenvalue weighted by Crippen LogP contribution is -2.52. The minimum atomic E-state index is 0.444. The van der Waals surface area contributed by atoms with Crippen LogP contribution < -0.4 is 24.4 Å². The summed E-state index contributed by atoms with van der Waals surface area (Å²) in [6.45, 7) is 8.63. The zero-order valence-corrected chi connectivity index (χ0v) is 25.8. The summed E-state index contributed by atoms with van der Waals surface area (Å²) < 4.78 is 16.6. The van der Waals surface area contributed by atoms with Crippen molar-refractivity contribution in [2.24, 2.45) is 0 Å². The van der Waals surface area contributed by atoms with Crippen LogP contribution in [0.2, 0.25) is 5.02 Å². The molecule has 1 N–H and O–H groups in total. The third kappa shape index (κ3) is 6.67. The van der Waals surface area contributed by atoms with Gasteiger partial charge >= 0.3 is 0 Å². The van der Waals surface area contributed by atoms with E-state index in [-0.39, 0.29) is 0 Å². The maximum atomic E-state index is 6.51. The van der Waals surface area contributed by atoms with Crippen LogP contribution in [0.4, 0.5) is 17.3 Å². The van der Waals surface area contributed by atoms with Crippen molar-refractivity contribution in [2.45, 2.75) is 25.8 Å². The quantitative estimate of drug-likeness (QED) is 0.390. The number of hydrogen-bond acceptors (Lipinski definition) is 9. The highest BCUT2D eigenvalue weighted by Crippen LogP contribution is 2.37. The van der Waals surface area contributed by atoms with Gasteiger partial charge in [0.05, 0.1) is 43.2 Å². The molecule has 2 saturated heterocycles. The number of nitrogens with one attached hydrogen (secondary N) is 1. The third-order valence-electron chi connectivity index (χ3n) is 8.16. The second-order valence-corrected chi connectivity index (χ2v) is 11.1. The van der Waals surface area contributed by atoms with Crippen LogP contribution in [-0.4, -0.2) is 93.5 Å². The van der Waals surface area contributed by atoms with Crippen molar-refractivity contribution in [3.63, 3.8) is 0 Å². The summed E-state index contributed by atoms with van der Waals surface area (Å²) >= 11 is 6.51. The highest BCUT2D eigenvalue weighted by molar-refractivity contribution is 6.33. The second-order valence-electron chi connectivity index (χ2n) is 10.7. The van der Waals surface area contributed by atoms with Crippen molar-refractivity contribution in [2.75, 3.05) is 77.9 Å². The standard InChI is InChI=1S/C32H39ClN6O3/c1-22-26(31(33)30(42-5)19-28(22)40-3)8-6-23-20-34-32(35-21-23)36-24-7-9-27(29(18-24)41-4)39-12-10-25(11-13-39)38-16-14-37(2)15-17-38/h7,9,18-21,25H,10-17H2,1-5H3,(H,34,35,36). The first kappa shape index (κ1) is 29.8. The SMILES string of the molecule is COc1cc(Nc2ncc(C#Cc3c(C)c(OC)cc(OC)c3Cl)cn2)ccc1N1CCC(N2CCN(C)CC2)CC1. The first-order chi connectivity index (χ1) is 20.4. The molecule has 0 atom stereocenters. The van der Waals surface area contributed by atoms with E-state index in [0.29, 0.717) is 39.6 Å². The number of likely N-dealkylation sites (N-methyl/N-ethyl adjacent to an activating group) is 1. The summed E-state index contributed by atoms with van der Waals surface area (Å²) in [5, 5.41) is 3.72. The van der Waals surface area contributed by atoms with Crippen molar-refractivity contribution in [3.05, 3.63) is 58.4 Å². The van der Waals surface area contributed by atoms with Crippen molar-refractivity contribution < 1.29 is 14.2 Å². The molecule has 2 aromatic carbocycles. The molecule has 0 saturated carbocycles. The lowest BCUT2D eigenvalue weighted by molar-refractivity contribution is 0.0981. The largest absolute Gasteiger partial charge is 0.496 e. The van der Waals surface area contributed by atoms with E-state index in [1.165, 1.54) is 25.9 Å². The van der Waals surface area contributed by atoms with Gasteiger partial charge in [-0.25, -0.2) is 9.97 Å². The Labute approximate surface area is 253 Å². The smallest absolute Gasteiger partial charge is 0.227 e. The predicted octanol–water partition coefficient (Wildman–Crippen LogP) is 4.82. The first-order valence-electron chi connectivity index (χ1n) is 14.3. The van der Waals surface area contributed by atoms with Crippen molar-refractivity contribution in [3.8, 4) is 29.1 Å². The number of halogens is 1. The molecule has 10 heteroatoms. The molecule has 2 aliphatic rings. The molecular formula is C32H39ClN6O3. The van der Waals surface area contributed by atoms with Crippen LogP contribution in [0, 0.1) is 18.8 Å². The molecule has 0 aliphatic carbocycles. The number of ether oxygens (including phenoxy) is 3. The van der Waals surface area contributed by atoms with Crippen LogP contribution in [0.1, 0.15) is 29.5 Å². The Morgan fingerprint density at radius 3 is 2.17 bits per heavy atom. The minimum Gasteiger partial charge on any atom is -0.496 e. The summed E-state index contributed by atoms with van der Waals surface area (Å²) in [6.07, 6.45) is 5.71. The highest BCUT2D eigenvalue weighted by atomic mass is 35.5. The molecule has 0 unspecified atom stereocenters. The zero-order chi connectivity index (χ0) is 29.6. The first-order valence-corrected chi connectivity index (χ1v) is 14.7. The average Bonchev–Trinajstić information content (AvgIpc) is 3.02. The molecule has 42 heavy (non-hydrogen) atoms. The van der Waals surface area contributed by atoms with Crippen molar-refractivity contribution >= 4 is 28.9 Å². The zero-order valence-electron chi connectivity index (χ0n) is 25.0. The molecule has 0 bridgehead atoms. The Balaban J connectivity index is 1.23. The molecule has 222 valence electrons. The van der Waals surface area contributed by atoms with Crippen molar-refractivity contribution in [1.29, 1.82) is 0 Å². The Kier molecular flexibility index (Phi) is 9.58. The van der Waals surface area contributed by atoms with Gasteiger partial charge in [-0.3, -0.25) is 4.90 Å². The molecule has 9 nitrogen and oxygen atoms in total. The van der Waals surface area contributed by atoms with Crippen molar-refractivity contribution in [1.82, 2.24) is 19.8 Å². The van der Waals surface area contributed by atoms with Gasteiger partial charge in [-0.05, 0) is 38.9 Å². The summed E-state index contributed by atoms with van der Waals surface area (Å²) in [5.74, 6) is 8.70. The Hall–Kier alpha value is -3.71. The Morgan fingerprint density at radius 2 is 1.52 bits per heavy atom. The number of nitrogens with zero attached hydrogens (tertiary/aromatic N) is 5. The number of benzene rings is 2. The Bertz CT molecular complexity index is 1410. The monoisotopic (exact) mass is 590 g/mol. The van der Waals surface area contributed by atoms with Crippen LogP contribution in [0.5, 0.6) is 17.2 Å². The van der Waals surface area contributed by atoms with E-state index in [9.17, 15) is 0 Å². The molecule has 0 amide bonds. The number of anilines is 3. The third-order valence-corrected chi connectivity index (χ3v) is 8.54. The van der Waals surface area contributed by atoms with Crippen LogP contribution in [0.25, 0.3) is 0 Å². The van der Waals surface area contributed by atoms with Gasteiger partial charge in [0, 0.05) is 81.1 Å². The second kappa shape index (κ2) is 13.5. The van der Waals surface area contributed by atoms with E-state index in [1.54, 1.807) is 39.8 Å². The molecule has 3 heterocycles. The fourth-order valence-corrected chi connectivity index (χ4v) is 5.93. The van der Waals surface area contributed by atoms with Gasteiger partial charge in [-0.15, -0.1) is 0 Å². The van der Waals surface area contributed by atoms with Crippen LogP contribution >= 0.6 is 11.6 Å². The van der Waals surface area contributed by atoms with E-state index in [0.717, 1.165) is 48.9 Å². The lowest BCUT2D eigenvalue weighted by Gasteiger charge is -2.42. The number of rotatable bonds is 7. The number of piperidine rings is 1. The van der Waals surface area contributed by atoms with Gasteiger partial charge in [-0.1, -0.05) is 23.4 Å².